The number of nitrogens with zero attached hydrogens (tertiary/aromatic N) is 2. The Labute approximate surface area is 139 Å². The van der Waals surface area contributed by atoms with Gasteiger partial charge in [-0.3, -0.25) is 0 Å². The Kier molecular flexibility index (Phi) is 4.18. The predicted molar refractivity (Wildman–Crippen MR) is 90.7 cm³/mol. The summed E-state index contributed by atoms with van der Waals surface area (Å²) in [6.07, 6.45) is 4.35. The lowest BCUT2D eigenvalue weighted by Gasteiger charge is -2.24. The molecule has 2 aliphatic heterocycles. The van der Waals surface area contributed by atoms with Crippen LogP contribution in [0.15, 0.2) is 24.3 Å². The number of amides is 2. The minimum atomic E-state index is 0.0160. The number of ether oxygens (including phenoxy) is 1. The smallest absolute Gasteiger partial charge is 0.318 e. The fourth-order valence-corrected chi connectivity index (χ4v) is 4.52. The zero-order valence-corrected chi connectivity index (χ0v) is 13.8. The van der Waals surface area contributed by atoms with E-state index in [0.717, 1.165) is 49.4 Å². The number of benzene rings is 1. The lowest BCUT2D eigenvalue weighted by Crippen LogP contribution is -2.42. The quantitative estimate of drug-likeness (QED) is 0.939. The van der Waals surface area contributed by atoms with Gasteiger partial charge in [0, 0.05) is 19.7 Å². The average Bonchev–Trinajstić information content (AvgIpc) is 3.31. The Morgan fingerprint density at radius 1 is 1.35 bits per heavy atom. The first-order valence-corrected chi connectivity index (χ1v) is 9.14. The number of nitrogens with one attached hydrogen (secondary N) is 1. The molecule has 1 aromatic carbocycles. The molecule has 1 aromatic heterocycles. The van der Waals surface area contributed by atoms with Crippen molar-refractivity contribution in [1.29, 1.82) is 0 Å². The van der Waals surface area contributed by atoms with Crippen LogP contribution < -0.4 is 5.32 Å². The Hall–Kier alpha value is -1.66. The largest absolute Gasteiger partial charge is 0.376 e. The molecule has 23 heavy (non-hydrogen) atoms. The van der Waals surface area contributed by atoms with E-state index >= 15 is 0 Å². The molecule has 0 spiro atoms. The van der Waals surface area contributed by atoms with Crippen molar-refractivity contribution in [3.05, 3.63) is 29.3 Å². The molecule has 122 valence electrons. The van der Waals surface area contributed by atoms with Gasteiger partial charge in [0.2, 0.25) is 0 Å². The lowest BCUT2D eigenvalue weighted by molar-refractivity contribution is 0.108. The highest BCUT2D eigenvalue weighted by Crippen LogP contribution is 2.36. The number of thiazole rings is 1. The number of fused-ring (bicyclic) bond motifs is 1. The van der Waals surface area contributed by atoms with E-state index in [-0.39, 0.29) is 18.2 Å². The lowest BCUT2D eigenvalue weighted by atomic mass is 10.2. The number of urea groups is 1. The molecule has 4 rings (SSSR count). The SMILES string of the molecule is O=C(NC[C@@H]1CCCO1)N1CCC[C@@H]1c1nc2ccccc2s1. The highest BCUT2D eigenvalue weighted by Gasteiger charge is 2.32. The molecule has 0 saturated carbocycles. The third-order valence-corrected chi connectivity index (χ3v) is 5.75. The average molecular weight is 331 g/mol. The molecule has 5 nitrogen and oxygen atoms in total. The third-order valence-electron chi connectivity index (χ3n) is 4.61. The van der Waals surface area contributed by atoms with Gasteiger partial charge in [0.15, 0.2) is 0 Å². The van der Waals surface area contributed by atoms with E-state index < -0.39 is 0 Å². The van der Waals surface area contributed by atoms with Crippen molar-refractivity contribution >= 4 is 27.6 Å². The normalized spacial score (nSPS) is 24.4. The minimum absolute atomic E-state index is 0.0160. The van der Waals surface area contributed by atoms with Crippen molar-refractivity contribution < 1.29 is 9.53 Å². The van der Waals surface area contributed by atoms with Crippen LogP contribution >= 0.6 is 11.3 Å². The maximum atomic E-state index is 12.5. The summed E-state index contributed by atoms with van der Waals surface area (Å²) in [5.74, 6) is 0. The van der Waals surface area contributed by atoms with E-state index in [1.54, 1.807) is 11.3 Å². The topological polar surface area (TPSA) is 54.5 Å². The summed E-state index contributed by atoms with van der Waals surface area (Å²) in [5, 5.41) is 4.09. The van der Waals surface area contributed by atoms with Gasteiger partial charge < -0.3 is 15.0 Å². The van der Waals surface area contributed by atoms with Gasteiger partial charge in [-0.1, -0.05) is 12.1 Å². The van der Waals surface area contributed by atoms with Crippen LogP contribution in [0, 0.1) is 0 Å². The van der Waals surface area contributed by atoms with Crippen LogP contribution in [0.4, 0.5) is 4.79 Å². The van der Waals surface area contributed by atoms with Gasteiger partial charge in [-0.15, -0.1) is 11.3 Å². The van der Waals surface area contributed by atoms with Crippen molar-refractivity contribution in [2.24, 2.45) is 0 Å². The number of carbonyl (C=O) groups is 1. The molecule has 0 bridgehead atoms. The minimum Gasteiger partial charge on any atom is -0.376 e. The van der Waals surface area contributed by atoms with Gasteiger partial charge >= 0.3 is 6.03 Å². The van der Waals surface area contributed by atoms with E-state index in [2.05, 4.69) is 11.4 Å². The highest BCUT2D eigenvalue weighted by molar-refractivity contribution is 7.18. The zero-order chi connectivity index (χ0) is 15.6. The molecule has 2 amide bonds. The molecule has 6 heteroatoms. The number of rotatable bonds is 3. The van der Waals surface area contributed by atoms with Crippen molar-refractivity contribution in [3.63, 3.8) is 0 Å². The summed E-state index contributed by atoms with van der Waals surface area (Å²) in [6, 6.07) is 8.29. The number of hydrogen-bond donors (Lipinski definition) is 1. The summed E-state index contributed by atoms with van der Waals surface area (Å²) in [4.78, 5) is 19.2. The molecular weight excluding hydrogens is 310 g/mol. The van der Waals surface area contributed by atoms with E-state index in [9.17, 15) is 4.79 Å². The van der Waals surface area contributed by atoms with Crippen molar-refractivity contribution in [1.82, 2.24) is 15.2 Å². The fraction of sp³-hybridized carbons (Fsp3) is 0.529. The summed E-state index contributed by atoms with van der Waals surface area (Å²) in [7, 11) is 0. The van der Waals surface area contributed by atoms with Crippen LogP contribution in [0.25, 0.3) is 10.2 Å². The van der Waals surface area contributed by atoms with Crippen molar-refractivity contribution in [2.45, 2.75) is 37.8 Å². The van der Waals surface area contributed by atoms with E-state index in [1.165, 1.54) is 4.70 Å². The number of para-hydroxylation sites is 1. The highest BCUT2D eigenvalue weighted by atomic mass is 32.1. The van der Waals surface area contributed by atoms with Crippen LogP contribution in [-0.2, 0) is 4.74 Å². The molecule has 2 aromatic rings. The van der Waals surface area contributed by atoms with Crippen LogP contribution in [0.5, 0.6) is 0 Å². The number of hydrogen-bond acceptors (Lipinski definition) is 4. The monoisotopic (exact) mass is 331 g/mol. The Morgan fingerprint density at radius 2 is 2.26 bits per heavy atom. The second-order valence-electron chi connectivity index (χ2n) is 6.19. The van der Waals surface area contributed by atoms with Crippen molar-refractivity contribution in [3.8, 4) is 0 Å². The van der Waals surface area contributed by atoms with Gasteiger partial charge in [-0.05, 0) is 37.8 Å². The van der Waals surface area contributed by atoms with Crippen LogP contribution in [0.3, 0.4) is 0 Å². The molecule has 1 N–H and O–H groups in total. The Bertz CT molecular complexity index is 663. The third kappa shape index (κ3) is 3.05. The van der Waals surface area contributed by atoms with Crippen molar-refractivity contribution in [2.75, 3.05) is 19.7 Å². The molecular formula is C17H21N3O2S. The predicted octanol–water partition coefficient (Wildman–Crippen LogP) is 3.32. The first kappa shape index (κ1) is 14.9. The van der Waals surface area contributed by atoms with Gasteiger partial charge in [0.1, 0.15) is 5.01 Å². The molecule has 2 fully saturated rings. The molecule has 0 aliphatic carbocycles. The summed E-state index contributed by atoms with van der Waals surface area (Å²) >= 11 is 1.70. The molecule has 2 saturated heterocycles. The van der Waals surface area contributed by atoms with E-state index in [0.29, 0.717) is 6.54 Å². The molecule has 3 heterocycles. The molecule has 2 atom stereocenters. The molecule has 0 unspecified atom stereocenters. The summed E-state index contributed by atoms with van der Waals surface area (Å²) in [6.45, 7) is 2.23. The second-order valence-corrected chi connectivity index (χ2v) is 7.25. The molecule has 2 aliphatic rings. The summed E-state index contributed by atoms with van der Waals surface area (Å²) in [5.41, 5.74) is 1.03. The van der Waals surface area contributed by atoms with E-state index in [4.69, 9.17) is 9.72 Å². The van der Waals surface area contributed by atoms with Gasteiger partial charge in [-0.2, -0.15) is 0 Å². The number of carbonyl (C=O) groups excluding carboxylic acids is 1. The fourth-order valence-electron chi connectivity index (χ4n) is 3.41. The molecule has 0 radical (unpaired) electrons. The maximum Gasteiger partial charge on any atom is 0.318 e. The first-order valence-electron chi connectivity index (χ1n) is 8.33. The zero-order valence-electron chi connectivity index (χ0n) is 13.0. The van der Waals surface area contributed by atoms with Crippen LogP contribution in [0.2, 0.25) is 0 Å². The van der Waals surface area contributed by atoms with Gasteiger partial charge in [0.25, 0.3) is 0 Å². The Morgan fingerprint density at radius 3 is 3.09 bits per heavy atom. The maximum absolute atomic E-state index is 12.5. The van der Waals surface area contributed by atoms with Gasteiger partial charge in [-0.25, -0.2) is 9.78 Å². The number of likely N-dealkylation sites (tertiary alicyclic amines) is 1. The van der Waals surface area contributed by atoms with Crippen LogP contribution in [-0.4, -0.2) is 41.7 Å². The summed E-state index contributed by atoms with van der Waals surface area (Å²) < 4.78 is 6.76. The number of aromatic nitrogens is 1. The standard InChI is InChI=1S/C17H21N3O2S/c21-17(18-11-12-5-4-10-22-12)20-9-3-7-14(20)16-19-13-6-1-2-8-15(13)23-16/h1-2,6,8,12,14H,3-5,7,9-11H2,(H,18,21)/t12-,14+/m0/s1. The second kappa shape index (κ2) is 6.45. The van der Waals surface area contributed by atoms with Crippen LogP contribution in [0.1, 0.15) is 36.7 Å². The van der Waals surface area contributed by atoms with E-state index in [1.807, 2.05) is 23.1 Å². The Balaban J connectivity index is 1.46. The van der Waals surface area contributed by atoms with Gasteiger partial charge in [0.05, 0.1) is 22.4 Å². The first-order chi connectivity index (χ1) is 11.3.